The van der Waals surface area contributed by atoms with E-state index in [4.69, 9.17) is 0 Å². The van der Waals surface area contributed by atoms with E-state index in [2.05, 4.69) is 26.6 Å². The highest BCUT2D eigenvalue weighted by Crippen LogP contribution is 2.24. The SMILES string of the molecule is Cc1cc(NC(=O)c2csc(Br)c2)ccc1NC(=O)c1cccc(S(C)(=O)=O)c1. The standard InChI is InChI=1S/C20H17BrN2O4S2/c1-12-8-15(22-20(25)14-10-18(21)28-11-14)6-7-17(12)23-19(24)13-4-3-5-16(9-13)29(2,26)27/h3-11H,1-2H3,(H,22,25)(H,23,24). The minimum Gasteiger partial charge on any atom is -0.322 e. The quantitative estimate of drug-likeness (QED) is 0.538. The van der Waals surface area contributed by atoms with Gasteiger partial charge in [0.25, 0.3) is 11.8 Å². The van der Waals surface area contributed by atoms with E-state index in [0.717, 1.165) is 15.6 Å². The van der Waals surface area contributed by atoms with Gasteiger partial charge in [-0.15, -0.1) is 11.3 Å². The molecule has 2 N–H and O–H groups in total. The molecule has 0 unspecified atom stereocenters. The number of halogens is 1. The first kappa shape index (κ1) is 21.2. The summed E-state index contributed by atoms with van der Waals surface area (Å²) in [5.41, 5.74) is 2.72. The van der Waals surface area contributed by atoms with Crippen LogP contribution in [0.2, 0.25) is 0 Å². The maximum atomic E-state index is 12.5. The normalized spacial score (nSPS) is 11.1. The lowest BCUT2D eigenvalue weighted by molar-refractivity contribution is 0.101. The fourth-order valence-electron chi connectivity index (χ4n) is 2.58. The topological polar surface area (TPSA) is 92.3 Å². The lowest BCUT2D eigenvalue weighted by Gasteiger charge is -2.11. The summed E-state index contributed by atoms with van der Waals surface area (Å²) in [6.07, 6.45) is 1.09. The average molecular weight is 493 g/mol. The van der Waals surface area contributed by atoms with Crippen LogP contribution in [0.5, 0.6) is 0 Å². The third kappa shape index (κ3) is 5.31. The van der Waals surface area contributed by atoms with E-state index in [1.807, 2.05) is 0 Å². The molecule has 0 aliphatic rings. The van der Waals surface area contributed by atoms with Crippen LogP contribution in [0.4, 0.5) is 11.4 Å². The number of amides is 2. The van der Waals surface area contributed by atoms with Crippen molar-refractivity contribution in [3.8, 4) is 0 Å². The van der Waals surface area contributed by atoms with Gasteiger partial charge in [0.2, 0.25) is 0 Å². The van der Waals surface area contributed by atoms with E-state index in [-0.39, 0.29) is 16.4 Å². The van der Waals surface area contributed by atoms with Crippen LogP contribution in [0, 0.1) is 6.92 Å². The number of hydrogen-bond acceptors (Lipinski definition) is 5. The minimum absolute atomic E-state index is 0.0833. The molecule has 150 valence electrons. The molecule has 0 saturated carbocycles. The number of sulfone groups is 1. The number of anilines is 2. The highest BCUT2D eigenvalue weighted by molar-refractivity contribution is 9.11. The number of aryl methyl sites for hydroxylation is 1. The molecular weight excluding hydrogens is 476 g/mol. The molecule has 2 aromatic carbocycles. The number of carbonyl (C=O) groups excluding carboxylic acids is 2. The molecule has 3 aromatic rings. The molecule has 3 rings (SSSR count). The van der Waals surface area contributed by atoms with Crippen molar-refractivity contribution < 1.29 is 18.0 Å². The Kier molecular flexibility index (Phi) is 6.21. The van der Waals surface area contributed by atoms with Gasteiger partial charge in [0.15, 0.2) is 9.84 Å². The number of hydrogen-bond donors (Lipinski definition) is 2. The molecule has 2 amide bonds. The summed E-state index contributed by atoms with van der Waals surface area (Å²) in [7, 11) is -3.40. The second-order valence-electron chi connectivity index (χ2n) is 6.38. The van der Waals surface area contributed by atoms with Crippen LogP contribution in [0.25, 0.3) is 0 Å². The van der Waals surface area contributed by atoms with E-state index < -0.39 is 15.7 Å². The summed E-state index contributed by atoms with van der Waals surface area (Å²) >= 11 is 4.76. The Morgan fingerprint density at radius 3 is 2.31 bits per heavy atom. The van der Waals surface area contributed by atoms with Gasteiger partial charge in [0, 0.05) is 28.6 Å². The molecule has 0 saturated heterocycles. The van der Waals surface area contributed by atoms with Crippen LogP contribution >= 0.6 is 27.3 Å². The summed E-state index contributed by atoms with van der Waals surface area (Å²) in [6.45, 7) is 1.80. The Bertz CT molecular complexity index is 1200. The second-order valence-corrected chi connectivity index (χ2v) is 10.7. The van der Waals surface area contributed by atoms with E-state index in [1.165, 1.54) is 29.5 Å². The zero-order valence-electron chi connectivity index (χ0n) is 15.5. The van der Waals surface area contributed by atoms with Crippen molar-refractivity contribution in [3.05, 3.63) is 74.4 Å². The number of carbonyl (C=O) groups is 2. The van der Waals surface area contributed by atoms with Crippen molar-refractivity contribution >= 4 is 60.3 Å². The zero-order valence-corrected chi connectivity index (χ0v) is 18.7. The first-order valence-electron chi connectivity index (χ1n) is 8.41. The van der Waals surface area contributed by atoms with Crippen LogP contribution < -0.4 is 10.6 Å². The van der Waals surface area contributed by atoms with Gasteiger partial charge in [0.05, 0.1) is 14.2 Å². The Labute approximate surface area is 181 Å². The van der Waals surface area contributed by atoms with Gasteiger partial charge in [-0.2, -0.15) is 0 Å². The van der Waals surface area contributed by atoms with Gasteiger partial charge in [-0.05, 0) is 70.9 Å². The van der Waals surface area contributed by atoms with Crippen molar-refractivity contribution in [1.82, 2.24) is 0 Å². The maximum absolute atomic E-state index is 12.5. The summed E-state index contributed by atoms with van der Waals surface area (Å²) in [5, 5.41) is 7.34. The average Bonchev–Trinajstić information content (AvgIpc) is 3.10. The van der Waals surface area contributed by atoms with Gasteiger partial charge < -0.3 is 10.6 Å². The Morgan fingerprint density at radius 1 is 0.966 bits per heavy atom. The van der Waals surface area contributed by atoms with Gasteiger partial charge in [0.1, 0.15) is 0 Å². The highest BCUT2D eigenvalue weighted by Gasteiger charge is 2.13. The Hall–Kier alpha value is -2.49. The molecule has 9 heteroatoms. The molecular formula is C20H17BrN2O4S2. The van der Waals surface area contributed by atoms with E-state index in [0.29, 0.717) is 16.9 Å². The van der Waals surface area contributed by atoms with Crippen molar-refractivity contribution in [2.75, 3.05) is 16.9 Å². The van der Waals surface area contributed by atoms with Crippen LogP contribution in [0.3, 0.4) is 0 Å². The highest BCUT2D eigenvalue weighted by atomic mass is 79.9. The maximum Gasteiger partial charge on any atom is 0.256 e. The van der Waals surface area contributed by atoms with Crippen molar-refractivity contribution in [3.63, 3.8) is 0 Å². The van der Waals surface area contributed by atoms with Crippen LogP contribution in [-0.2, 0) is 9.84 Å². The van der Waals surface area contributed by atoms with Gasteiger partial charge in [-0.25, -0.2) is 8.42 Å². The van der Waals surface area contributed by atoms with E-state index in [1.54, 1.807) is 42.6 Å². The third-order valence-corrected chi connectivity index (χ3v) is 6.70. The molecule has 0 fully saturated rings. The van der Waals surface area contributed by atoms with E-state index in [9.17, 15) is 18.0 Å². The second kappa shape index (κ2) is 8.48. The largest absolute Gasteiger partial charge is 0.322 e. The molecule has 6 nitrogen and oxygen atoms in total. The predicted molar refractivity (Wildman–Crippen MR) is 119 cm³/mol. The summed E-state index contributed by atoms with van der Waals surface area (Å²) in [5.74, 6) is -0.640. The zero-order chi connectivity index (χ0) is 21.2. The van der Waals surface area contributed by atoms with Crippen LogP contribution in [0.1, 0.15) is 26.3 Å². The summed E-state index contributed by atoms with van der Waals surface area (Å²) in [6, 6.07) is 12.7. The first-order valence-corrected chi connectivity index (χ1v) is 12.0. The molecule has 1 heterocycles. The number of rotatable bonds is 5. The van der Waals surface area contributed by atoms with Gasteiger partial charge in [-0.3, -0.25) is 9.59 Å². The molecule has 0 radical (unpaired) electrons. The molecule has 0 spiro atoms. The lowest BCUT2D eigenvalue weighted by atomic mass is 10.1. The Balaban J connectivity index is 1.74. The molecule has 0 aliphatic heterocycles. The Morgan fingerprint density at radius 2 is 1.69 bits per heavy atom. The minimum atomic E-state index is -3.40. The van der Waals surface area contributed by atoms with Crippen LogP contribution in [0.15, 0.2) is 62.6 Å². The number of thiophene rings is 1. The van der Waals surface area contributed by atoms with Crippen molar-refractivity contribution in [1.29, 1.82) is 0 Å². The third-order valence-electron chi connectivity index (χ3n) is 4.09. The monoisotopic (exact) mass is 492 g/mol. The van der Waals surface area contributed by atoms with Gasteiger partial charge in [-0.1, -0.05) is 6.07 Å². The number of benzene rings is 2. The van der Waals surface area contributed by atoms with Crippen molar-refractivity contribution in [2.45, 2.75) is 11.8 Å². The molecule has 0 atom stereocenters. The number of nitrogens with one attached hydrogen (secondary N) is 2. The van der Waals surface area contributed by atoms with Crippen LogP contribution in [-0.4, -0.2) is 26.5 Å². The van der Waals surface area contributed by atoms with Crippen molar-refractivity contribution in [2.24, 2.45) is 0 Å². The molecule has 0 bridgehead atoms. The predicted octanol–water partition coefficient (Wildman–Crippen LogP) is 4.73. The van der Waals surface area contributed by atoms with Gasteiger partial charge >= 0.3 is 0 Å². The molecule has 29 heavy (non-hydrogen) atoms. The molecule has 1 aromatic heterocycles. The van der Waals surface area contributed by atoms with E-state index >= 15 is 0 Å². The lowest BCUT2D eigenvalue weighted by Crippen LogP contribution is -2.14. The molecule has 0 aliphatic carbocycles. The smallest absolute Gasteiger partial charge is 0.256 e. The fraction of sp³-hybridized carbons (Fsp3) is 0.100. The summed E-state index contributed by atoms with van der Waals surface area (Å²) in [4.78, 5) is 24.9. The summed E-state index contributed by atoms with van der Waals surface area (Å²) < 4.78 is 24.2. The first-order chi connectivity index (χ1) is 13.6. The fourth-order valence-corrected chi connectivity index (χ4v) is 4.38.